The highest BCUT2D eigenvalue weighted by atomic mass is 16.6. The number of hydrogen-bond donors (Lipinski definition) is 1. The van der Waals surface area contributed by atoms with Crippen molar-refractivity contribution in [3.8, 4) is 0 Å². The second-order valence-corrected chi connectivity index (χ2v) is 4.35. The van der Waals surface area contributed by atoms with E-state index in [4.69, 9.17) is 0 Å². The van der Waals surface area contributed by atoms with Crippen LogP contribution in [0.2, 0.25) is 0 Å². The van der Waals surface area contributed by atoms with E-state index in [1.54, 1.807) is 12.1 Å². The van der Waals surface area contributed by atoms with E-state index < -0.39 is 0 Å². The molecular weight excluding hydrogens is 240 g/mol. The van der Waals surface area contributed by atoms with E-state index in [0.717, 1.165) is 24.1 Å². The molecule has 0 aromatic heterocycles. The molecule has 1 N–H and O–H groups in total. The normalized spacial score (nSPS) is 10.2. The largest absolute Gasteiger partial charge is 0.350 e. The molecule has 0 bridgehead atoms. The van der Waals surface area contributed by atoms with E-state index in [-0.39, 0.29) is 10.6 Å². The highest BCUT2D eigenvalue weighted by Gasteiger charge is 2.14. The minimum absolute atomic E-state index is 0.120. The lowest BCUT2D eigenvalue weighted by Gasteiger charge is -2.08. The molecule has 0 amide bonds. The van der Waals surface area contributed by atoms with Gasteiger partial charge in [-0.15, -0.1) is 0 Å². The third-order valence-corrected chi connectivity index (χ3v) is 2.85. The summed E-state index contributed by atoms with van der Waals surface area (Å²) in [6.45, 7) is 2.06. The molecule has 2 aromatic rings. The van der Waals surface area contributed by atoms with Crippen molar-refractivity contribution >= 4 is 17.1 Å². The lowest BCUT2D eigenvalue weighted by molar-refractivity contribution is -0.384. The molecular formula is C15H16N2O2. The molecule has 0 aliphatic carbocycles. The fourth-order valence-corrected chi connectivity index (χ4v) is 1.96. The van der Waals surface area contributed by atoms with Gasteiger partial charge >= 0.3 is 0 Å². The van der Waals surface area contributed by atoms with Crippen LogP contribution >= 0.6 is 0 Å². The van der Waals surface area contributed by atoms with E-state index in [1.165, 1.54) is 0 Å². The summed E-state index contributed by atoms with van der Waals surface area (Å²) in [4.78, 5) is 10.8. The predicted octanol–water partition coefficient (Wildman–Crippen LogP) is 4.29. The van der Waals surface area contributed by atoms with Gasteiger partial charge in [0.05, 0.1) is 4.92 Å². The SMILES string of the molecule is CCCc1ccc(Nc2ccccc2)c([N+](=O)[O-])c1. The van der Waals surface area contributed by atoms with Crippen molar-refractivity contribution in [2.24, 2.45) is 0 Å². The van der Waals surface area contributed by atoms with Gasteiger partial charge in [0.2, 0.25) is 0 Å². The van der Waals surface area contributed by atoms with Crippen LogP contribution in [0.1, 0.15) is 18.9 Å². The topological polar surface area (TPSA) is 55.2 Å². The van der Waals surface area contributed by atoms with Gasteiger partial charge in [-0.2, -0.15) is 0 Å². The van der Waals surface area contributed by atoms with Crippen molar-refractivity contribution < 1.29 is 4.92 Å². The van der Waals surface area contributed by atoms with Crippen LogP contribution in [0.25, 0.3) is 0 Å². The summed E-state index contributed by atoms with van der Waals surface area (Å²) in [5.74, 6) is 0. The van der Waals surface area contributed by atoms with Crippen molar-refractivity contribution in [1.29, 1.82) is 0 Å². The quantitative estimate of drug-likeness (QED) is 0.641. The minimum atomic E-state index is -0.343. The molecule has 0 atom stereocenters. The van der Waals surface area contributed by atoms with Crippen molar-refractivity contribution in [2.75, 3.05) is 5.32 Å². The molecule has 2 aromatic carbocycles. The molecule has 0 aliphatic heterocycles. The first-order valence-electron chi connectivity index (χ1n) is 6.30. The zero-order chi connectivity index (χ0) is 13.7. The Labute approximate surface area is 112 Å². The fraction of sp³-hybridized carbons (Fsp3) is 0.200. The van der Waals surface area contributed by atoms with Gasteiger partial charge in [-0.3, -0.25) is 10.1 Å². The van der Waals surface area contributed by atoms with Crippen LogP contribution in [-0.4, -0.2) is 4.92 Å². The lowest BCUT2D eigenvalue weighted by atomic mass is 10.1. The number of aryl methyl sites for hydroxylation is 1. The first-order valence-corrected chi connectivity index (χ1v) is 6.30. The Morgan fingerprint density at radius 1 is 1.16 bits per heavy atom. The van der Waals surface area contributed by atoms with Crippen LogP contribution in [-0.2, 0) is 6.42 Å². The zero-order valence-electron chi connectivity index (χ0n) is 10.8. The fourth-order valence-electron chi connectivity index (χ4n) is 1.96. The number of hydrogen-bond acceptors (Lipinski definition) is 3. The van der Waals surface area contributed by atoms with Crippen LogP contribution in [0.3, 0.4) is 0 Å². The van der Waals surface area contributed by atoms with Crippen LogP contribution in [0, 0.1) is 10.1 Å². The van der Waals surface area contributed by atoms with Crippen LogP contribution in [0.15, 0.2) is 48.5 Å². The molecule has 4 heteroatoms. The van der Waals surface area contributed by atoms with Gasteiger partial charge in [0.1, 0.15) is 5.69 Å². The maximum atomic E-state index is 11.1. The zero-order valence-corrected chi connectivity index (χ0v) is 10.8. The van der Waals surface area contributed by atoms with Crippen LogP contribution < -0.4 is 5.32 Å². The van der Waals surface area contributed by atoms with Crippen LogP contribution in [0.5, 0.6) is 0 Å². The number of para-hydroxylation sites is 1. The molecule has 19 heavy (non-hydrogen) atoms. The number of nitro groups is 1. The molecule has 0 saturated heterocycles. The summed E-state index contributed by atoms with van der Waals surface area (Å²) in [7, 11) is 0. The lowest BCUT2D eigenvalue weighted by Crippen LogP contribution is -1.98. The Kier molecular flexibility index (Phi) is 4.13. The third-order valence-electron chi connectivity index (χ3n) is 2.85. The van der Waals surface area contributed by atoms with Gasteiger partial charge in [0, 0.05) is 11.8 Å². The van der Waals surface area contributed by atoms with E-state index in [2.05, 4.69) is 12.2 Å². The Balaban J connectivity index is 2.32. The van der Waals surface area contributed by atoms with Gasteiger partial charge in [-0.1, -0.05) is 37.6 Å². The number of benzene rings is 2. The predicted molar refractivity (Wildman–Crippen MR) is 76.8 cm³/mol. The molecule has 0 fully saturated rings. The maximum Gasteiger partial charge on any atom is 0.292 e. The van der Waals surface area contributed by atoms with Crippen molar-refractivity contribution in [3.05, 3.63) is 64.2 Å². The van der Waals surface area contributed by atoms with Crippen molar-refractivity contribution in [2.45, 2.75) is 19.8 Å². The standard InChI is InChI=1S/C15H16N2O2/c1-2-6-12-9-10-14(15(11-12)17(18)19)16-13-7-4-3-5-8-13/h3-5,7-11,16H,2,6H2,1H3. The average molecular weight is 256 g/mol. The van der Waals surface area contributed by atoms with E-state index >= 15 is 0 Å². The summed E-state index contributed by atoms with van der Waals surface area (Å²) < 4.78 is 0. The van der Waals surface area contributed by atoms with E-state index in [0.29, 0.717) is 5.69 Å². The summed E-state index contributed by atoms with van der Waals surface area (Å²) in [5.41, 5.74) is 2.48. The van der Waals surface area contributed by atoms with Gasteiger partial charge < -0.3 is 5.32 Å². The molecule has 2 rings (SSSR count). The number of nitrogens with one attached hydrogen (secondary N) is 1. The highest BCUT2D eigenvalue weighted by molar-refractivity contribution is 5.70. The number of nitrogens with zero attached hydrogens (tertiary/aromatic N) is 1. The Morgan fingerprint density at radius 3 is 2.53 bits per heavy atom. The molecule has 0 spiro atoms. The summed E-state index contributed by atoms with van der Waals surface area (Å²) in [6.07, 6.45) is 1.83. The number of rotatable bonds is 5. The van der Waals surface area contributed by atoms with Crippen molar-refractivity contribution in [3.63, 3.8) is 0 Å². The molecule has 0 heterocycles. The van der Waals surface area contributed by atoms with Crippen molar-refractivity contribution in [1.82, 2.24) is 0 Å². The number of anilines is 2. The Hall–Kier alpha value is -2.36. The highest BCUT2D eigenvalue weighted by Crippen LogP contribution is 2.28. The van der Waals surface area contributed by atoms with E-state index in [1.807, 2.05) is 36.4 Å². The first kappa shape index (κ1) is 13.1. The second-order valence-electron chi connectivity index (χ2n) is 4.35. The number of nitro benzene ring substituents is 1. The molecule has 98 valence electrons. The summed E-state index contributed by atoms with van der Waals surface area (Å²) in [6, 6.07) is 14.8. The summed E-state index contributed by atoms with van der Waals surface area (Å²) >= 11 is 0. The minimum Gasteiger partial charge on any atom is -0.350 e. The third kappa shape index (κ3) is 3.31. The van der Waals surface area contributed by atoms with Gasteiger partial charge in [0.25, 0.3) is 5.69 Å². The summed E-state index contributed by atoms with van der Waals surface area (Å²) in [5, 5.41) is 14.2. The van der Waals surface area contributed by atoms with E-state index in [9.17, 15) is 10.1 Å². The smallest absolute Gasteiger partial charge is 0.292 e. The van der Waals surface area contributed by atoms with Crippen LogP contribution in [0.4, 0.5) is 17.1 Å². The Morgan fingerprint density at radius 2 is 1.89 bits per heavy atom. The maximum absolute atomic E-state index is 11.1. The molecule has 0 radical (unpaired) electrons. The second kappa shape index (κ2) is 6.00. The molecule has 4 nitrogen and oxygen atoms in total. The first-order chi connectivity index (χ1) is 9.20. The monoisotopic (exact) mass is 256 g/mol. The van der Waals surface area contributed by atoms with Gasteiger partial charge in [-0.05, 0) is 30.2 Å². The molecule has 0 saturated carbocycles. The Bertz CT molecular complexity index is 568. The molecule has 0 aliphatic rings. The molecule has 0 unspecified atom stereocenters. The van der Waals surface area contributed by atoms with Gasteiger partial charge in [-0.25, -0.2) is 0 Å². The average Bonchev–Trinajstić information content (AvgIpc) is 2.42. The van der Waals surface area contributed by atoms with Gasteiger partial charge in [0.15, 0.2) is 0 Å².